The summed E-state index contributed by atoms with van der Waals surface area (Å²) in [7, 11) is 0. The zero-order valence-electron chi connectivity index (χ0n) is 7.90. The fraction of sp³-hybridized carbons (Fsp3) is 0.750. The summed E-state index contributed by atoms with van der Waals surface area (Å²) in [5, 5.41) is 13.3. The average molecular weight is 201 g/mol. The van der Waals surface area contributed by atoms with Crippen LogP contribution in [0.4, 0.5) is 5.13 Å². The molecule has 2 N–H and O–H groups in total. The van der Waals surface area contributed by atoms with Crippen molar-refractivity contribution in [2.45, 2.75) is 26.4 Å². The van der Waals surface area contributed by atoms with Crippen LogP contribution in [0.25, 0.3) is 0 Å². The van der Waals surface area contributed by atoms with E-state index < -0.39 is 0 Å². The number of aliphatic hydroxyl groups is 1. The molecule has 0 bridgehead atoms. The van der Waals surface area contributed by atoms with E-state index in [1.54, 1.807) is 0 Å². The van der Waals surface area contributed by atoms with E-state index in [1.165, 1.54) is 17.9 Å². The number of rotatable bonds is 5. The van der Waals surface area contributed by atoms with E-state index in [4.69, 9.17) is 0 Å². The molecular weight excluding hydrogens is 186 g/mol. The lowest BCUT2D eigenvalue weighted by Crippen LogP contribution is -2.21. The molecule has 1 rings (SSSR count). The van der Waals surface area contributed by atoms with Crippen LogP contribution in [-0.2, 0) is 0 Å². The predicted octanol–water partition coefficient (Wildman–Crippen LogP) is 1.36. The van der Waals surface area contributed by atoms with Gasteiger partial charge in [-0.15, -0.1) is 0 Å². The molecule has 1 aromatic heterocycles. The van der Waals surface area contributed by atoms with Crippen molar-refractivity contribution in [1.29, 1.82) is 0 Å². The second kappa shape index (κ2) is 5.14. The molecule has 1 atom stereocenters. The number of nitrogens with zero attached hydrogens (tertiary/aromatic N) is 2. The second-order valence-electron chi connectivity index (χ2n) is 3.41. The van der Waals surface area contributed by atoms with Crippen LogP contribution in [0.5, 0.6) is 0 Å². The molecule has 0 aromatic carbocycles. The quantitative estimate of drug-likeness (QED) is 0.755. The van der Waals surface area contributed by atoms with Crippen molar-refractivity contribution in [1.82, 2.24) is 9.36 Å². The van der Waals surface area contributed by atoms with Gasteiger partial charge in [0.25, 0.3) is 0 Å². The third-order valence-corrected chi connectivity index (χ3v) is 2.22. The molecule has 0 spiro atoms. The Morgan fingerprint density at radius 2 is 2.38 bits per heavy atom. The summed E-state index contributed by atoms with van der Waals surface area (Å²) in [5.74, 6) is 0.520. The Morgan fingerprint density at radius 3 is 2.92 bits per heavy atom. The summed E-state index contributed by atoms with van der Waals surface area (Å²) < 4.78 is 3.85. The molecule has 1 heterocycles. The summed E-state index contributed by atoms with van der Waals surface area (Å²) in [6, 6.07) is 0. The SMILES string of the molecule is CC(C)CC(O)CNc1ncns1. The molecule has 4 nitrogen and oxygen atoms in total. The Kier molecular flexibility index (Phi) is 4.11. The number of aliphatic hydroxyl groups excluding tert-OH is 1. The zero-order valence-corrected chi connectivity index (χ0v) is 8.71. The standard InChI is InChI=1S/C8H15N3OS/c1-6(2)3-7(12)4-9-8-10-5-11-13-8/h5-7,12H,3-4H2,1-2H3,(H,9,10,11). The van der Waals surface area contributed by atoms with Crippen molar-refractivity contribution < 1.29 is 5.11 Å². The van der Waals surface area contributed by atoms with Crippen LogP contribution in [0.1, 0.15) is 20.3 Å². The van der Waals surface area contributed by atoms with Gasteiger partial charge in [-0.2, -0.15) is 4.37 Å². The van der Waals surface area contributed by atoms with Crippen molar-refractivity contribution in [3.63, 3.8) is 0 Å². The van der Waals surface area contributed by atoms with Crippen molar-refractivity contribution in [3.8, 4) is 0 Å². The third kappa shape index (κ3) is 4.19. The molecule has 1 unspecified atom stereocenters. The van der Waals surface area contributed by atoms with E-state index in [0.717, 1.165) is 11.6 Å². The molecule has 0 saturated heterocycles. The lowest BCUT2D eigenvalue weighted by molar-refractivity contribution is 0.161. The maximum absolute atomic E-state index is 9.51. The summed E-state index contributed by atoms with van der Waals surface area (Å²) in [6.45, 7) is 4.73. The van der Waals surface area contributed by atoms with Crippen LogP contribution in [0, 0.1) is 5.92 Å². The lowest BCUT2D eigenvalue weighted by atomic mass is 10.1. The second-order valence-corrected chi connectivity index (χ2v) is 4.19. The highest BCUT2D eigenvalue weighted by atomic mass is 32.1. The largest absolute Gasteiger partial charge is 0.391 e. The van der Waals surface area contributed by atoms with Gasteiger partial charge in [0.2, 0.25) is 5.13 Å². The Labute approximate surface area is 82.2 Å². The van der Waals surface area contributed by atoms with Gasteiger partial charge < -0.3 is 10.4 Å². The molecule has 74 valence electrons. The molecule has 13 heavy (non-hydrogen) atoms. The number of nitrogens with one attached hydrogen (secondary N) is 1. The summed E-state index contributed by atoms with van der Waals surface area (Å²) >= 11 is 1.30. The van der Waals surface area contributed by atoms with Crippen molar-refractivity contribution in [2.24, 2.45) is 5.92 Å². The number of anilines is 1. The minimum absolute atomic E-state index is 0.302. The molecule has 0 saturated carbocycles. The molecule has 0 aliphatic carbocycles. The highest BCUT2D eigenvalue weighted by molar-refractivity contribution is 7.09. The Morgan fingerprint density at radius 1 is 1.62 bits per heavy atom. The summed E-state index contributed by atoms with van der Waals surface area (Å²) in [6.07, 6.45) is 2.01. The van der Waals surface area contributed by atoms with Crippen LogP contribution in [0.2, 0.25) is 0 Å². The highest BCUT2D eigenvalue weighted by Gasteiger charge is 2.06. The molecule has 0 radical (unpaired) electrons. The van der Waals surface area contributed by atoms with Gasteiger partial charge in [-0.1, -0.05) is 13.8 Å². The number of hydrogen-bond donors (Lipinski definition) is 2. The van der Waals surface area contributed by atoms with Crippen molar-refractivity contribution in [2.75, 3.05) is 11.9 Å². The minimum atomic E-state index is -0.302. The lowest BCUT2D eigenvalue weighted by Gasteiger charge is -2.12. The smallest absolute Gasteiger partial charge is 0.202 e. The van der Waals surface area contributed by atoms with Gasteiger partial charge in [-0.25, -0.2) is 4.98 Å². The zero-order chi connectivity index (χ0) is 9.68. The fourth-order valence-corrected chi connectivity index (χ4v) is 1.52. The maximum Gasteiger partial charge on any atom is 0.202 e. The first-order chi connectivity index (χ1) is 6.18. The van der Waals surface area contributed by atoms with Gasteiger partial charge in [-0.05, 0) is 12.3 Å². The van der Waals surface area contributed by atoms with E-state index in [0.29, 0.717) is 12.5 Å². The van der Waals surface area contributed by atoms with Gasteiger partial charge in [0.1, 0.15) is 6.33 Å². The van der Waals surface area contributed by atoms with E-state index in [9.17, 15) is 5.11 Å². The molecular formula is C8H15N3OS. The van der Waals surface area contributed by atoms with Crippen LogP contribution in [0.15, 0.2) is 6.33 Å². The van der Waals surface area contributed by atoms with Crippen molar-refractivity contribution in [3.05, 3.63) is 6.33 Å². The average Bonchev–Trinajstić information content (AvgIpc) is 2.51. The predicted molar refractivity (Wildman–Crippen MR) is 53.9 cm³/mol. The highest BCUT2D eigenvalue weighted by Crippen LogP contribution is 2.09. The van der Waals surface area contributed by atoms with Gasteiger partial charge in [-0.3, -0.25) is 0 Å². The van der Waals surface area contributed by atoms with E-state index in [-0.39, 0.29) is 6.10 Å². The maximum atomic E-state index is 9.51. The molecule has 0 aliphatic rings. The van der Waals surface area contributed by atoms with Crippen LogP contribution < -0.4 is 5.32 Å². The van der Waals surface area contributed by atoms with Crippen LogP contribution in [0.3, 0.4) is 0 Å². The normalized spacial score (nSPS) is 13.2. The molecule has 5 heteroatoms. The molecule has 1 aromatic rings. The van der Waals surface area contributed by atoms with E-state index >= 15 is 0 Å². The van der Waals surface area contributed by atoms with E-state index in [1.807, 2.05) is 0 Å². The Hall–Kier alpha value is -0.680. The first kappa shape index (κ1) is 10.4. The monoisotopic (exact) mass is 201 g/mol. The Bertz CT molecular complexity index is 225. The number of hydrogen-bond acceptors (Lipinski definition) is 5. The minimum Gasteiger partial charge on any atom is -0.391 e. The van der Waals surface area contributed by atoms with Gasteiger partial charge in [0.05, 0.1) is 6.10 Å². The van der Waals surface area contributed by atoms with Crippen LogP contribution >= 0.6 is 11.5 Å². The topological polar surface area (TPSA) is 58.0 Å². The molecule has 0 amide bonds. The summed E-state index contributed by atoms with van der Waals surface area (Å²) in [4.78, 5) is 3.95. The molecule has 0 aliphatic heterocycles. The first-order valence-corrected chi connectivity index (χ1v) is 5.14. The van der Waals surface area contributed by atoms with Gasteiger partial charge >= 0.3 is 0 Å². The van der Waals surface area contributed by atoms with Gasteiger partial charge in [0.15, 0.2) is 0 Å². The summed E-state index contributed by atoms with van der Waals surface area (Å²) in [5.41, 5.74) is 0. The number of aromatic nitrogens is 2. The first-order valence-electron chi connectivity index (χ1n) is 4.37. The fourth-order valence-electron chi connectivity index (χ4n) is 1.08. The van der Waals surface area contributed by atoms with Gasteiger partial charge in [0, 0.05) is 18.1 Å². The third-order valence-electron chi connectivity index (χ3n) is 1.59. The van der Waals surface area contributed by atoms with Crippen LogP contribution in [-0.4, -0.2) is 27.1 Å². The van der Waals surface area contributed by atoms with Crippen molar-refractivity contribution >= 4 is 16.7 Å². The molecule has 0 fully saturated rings. The van der Waals surface area contributed by atoms with E-state index in [2.05, 4.69) is 28.5 Å². The Balaban J connectivity index is 2.19.